The van der Waals surface area contributed by atoms with Crippen LogP contribution in [-0.4, -0.2) is 40.8 Å². The van der Waals surface area contributed by atoms with Crippen molar-refractivity contribution in [1.29, 1.82) is 0 Å². The molecular weight excluding hydrogens is 274 g/mol. The lowest BCUT2D eigenvalue weighted by atomic mass is 10.1. The van der Waals surface area contributed by atoms with Crippen molar-refractivity contribution in [3.63, 3.8) is 0 Å². The third kappa shape index (κ3) is 7.24. The highest BCUT2D eigenvalue weighted by molar-refractivity contribution is 5.92. The van der Waals surface area contributed by atoms with Crippen molar-refractivity contribution in [2.24, 2.45) is 0 Å². The Bertz CT molecular complexity index is 448. The van der Waals surface area contributed by atoms with Crippen LogP contribution in [0, 0.1) is 0 Å². The molecule has 1 heterocycles. The first-order valence-corrected chi connectivity index (χ1v) is 7.01. The third-order valence-electron chi connectivity index (χ3n) is 2.93. The Balaban J connectivity index is 2.09. The van der Waals surface area contributed by atoms with Gasteiger partial charge in [0.2, 0.25) is 5.88 Å². The van der Waals surface area contributed by atoms with Gasteiger partial charge in [-0.25, -0.2) is 0 Å². The standard InChI is InChI=1S/C14H21N3O4/c1-21-12-9-8-11(16-17-12)14(20)15-10-6-4-2-3-5-7-13(18)19/h8-9H,2-7,10H2,1H3,(H,15,20)(H,18,19). The van der Waals surface area contributed by atoms with Crippen LogP contribution in [0.3, 0.4) is 0 Å². The van der Waals surface area contributed by atoms with Gasteiger partial charge in [0.05, 0.1) is 7.11 Å². The quantitative estimate of drug-likeness (QED) is 0.636. The van der Waals surface area contributed by atoms with Gasteiger partial charge in [0, 0.05) is 19.0 Å². The van der Waals surface area contributed by atoms with Gasteiger partial charge in [0.15, 0.2) is 5.69 Å². The van der Waals surface area contributed by atoms with Crippen molar-refractivity contribution in [2.45, 2.75) is 38.5 Å². The van der Waals surface area contributed by atoms with E-state index in [1.807, 2.05) is 0 Å². The highest BCUT2D eigenvalue weighted by atomic mass is 16.5. The molecule has 7 nitrogen and oxygen atoms in total. The van der Waals surface area contributed by atoms with Gasteiger partial charge in [-0.2, -0.15) is 0 Å². The average molecular weight is 295 g/mol. The van der Waals surface area contributed by atoms with Gasteiger partial charge < -0.3 is 15.2 Å². The third-order valence-corrected chi connectivity index (χ3v) is 2.93. The van der Waals surface area contributed by atoms with Crippen molar-refractivity contribution in [2.75, 3.05) is 13.7 Å². The number of aromatic nitrogens is 2. The molecule has 1 aromatic rings. The predicted octanol–water partition coefficient (Wildman–Crippen LogP) is 1.64. The van der Waals surface area contributed by atoms with E-state index >= 15 is 0 Å². The van der Waals surface area contributed by atoms with Crippen LogP contribution in [0.1, 0.15) is 49.0 Å². The summed E-state index contributed by atoms with van der Waals surface area (Å²) >= 11 is 0. The number of methoxy groups -OCH3 is 1. The normalized spacial score (nSPS) is 10.1. The SMILES string of the molecule is COc1ccc(C(=O)NCCCCCCCC(=O)O)nn1. The highest BCUT2D eigenvalue weighted by Crippen LogP contribution is 2.05. The van der Waals surface area contributed by atoms with Gasteiger partial charge in [-0.3, -0.25) is 9.59 Å². The Morgan fingerprint density at radius 3 is 2.48 bits per heavy atom. The molecule has 0 atom stereocenters. The molecule has 7 heteroatoms. The molecule has 0 aliphatic carbocycles. The summed E-state index contributed by atoms with van der Waals surface area (Å²) < 4.78 is 4.87. The maximum absolute atomic E-state index is 11.7. The smallest absolute Gasteiger partial charge is 0.303 e. The highest BCUT2D eigenvalue weighted by Gasteiger charge is 2.07. The molecular formula is C14H21N3O4. The molecule has 0 saturated carbocycles. The van der Waals surface area contributed by atoms with Crippen molar-refractivity contribution < 1.29 is 19.4 Å². The molecule has 1 rings (SSSR count). The van der Waals surface area contributed by atoms with E-state index < -0.39 is 5.97 Å². The second-order valence-corrected chi connectivity index (χ2v) is 4.63. The zero-order valence-corrected chi connectivity index (χ0v) is 12.2. The van der Waals surface area contributed by atoms with Crippen molar-refractivity contribution in [1.82, 2.24) is 15.5 Å². The molecule has 0 aliphatic heterocycles. The van der Waals surface area contributed by atoms with Gasteiger partial charge in [-0.15, -0.1) is 10.2 Å². The molecule has 2 N–H and O–H groups in total. The molecule has 0 saturated heterocycles. The first kappa shape index (κ1) is 16.9. The topological polar surface area (TPSA) is 101 Å². The van der Waals surface area contributed by atoms with E-state index in [-0.39, 0.29) is 18.0 Å². The van der Waals surface area contributed by atoms with Crippen LogP contribution >= 0.6 is 0 Å². The summed E-state index contributed by atoms with van der Waals surface area (Å²) in [4.78, 5) is 22.1. The summed E-state index contributed by atoms with van der Waals surface area (Å²) in [5, 5.41) is 18.8. The lowest BCUT2D eigenvalue weighted by Crippen LogP contribution is -2.25. The second kappa shape index (κ2) is 9.68. The van der Waals surface area contributed by atoms with Crippen molar-refractivity contribution in [3.8, 4) is 5.88 Å². The summed E-state index contributed by atoms with van der Waals surface area (Å²) in [6, 6.07) is 3.15. The number of carboxylic acids is 1. The summed E-state index contributed by atoms with van der Waals surface area (Å²) in [7, 11) is 1.49. The summed E-state index contributed by atoms with van der Waals surface area (Å²) in [6.07, 6.45) is 4.66. The van der Waals surface area contributed by atoms with Crippen LogP contribution < -0.4 is 10.1 Å². The number of carbonyl (C=O) groups excluding carboxylic acids is 1. The largest absolute Gasteiger partial charge is 0.481 e. The van der Waals surface area contributed by atoms with E-state index in [2.05, 4.69) is 15.5 Å². The van der Waals surface area contributed by atoms with Gasteiger partial charge in [-0.05, 0) is 18.9 Å². The maximum Gasteiger partial charge on any atom is 0.303 e. The number of carboxylic acid groups (broad SMARTS) is 1. The summed E-state index contributed by atoms with van der Waals surface area (Å²) in [5.74, 6) is -0.633. The molecule has 0 fully saturated rings. The Labute approximate surface area is 123 Å². The predicted molar refractivity (Wildman–Crippen MR) is 76.3 cm³/mol. The zero-order chi connectivity index (χ0) is 15.5. The second-order valence-electron chi connectivity index (χ2n) is 4.63. The van der Waals surface area contributed by atoms with E-state index in [0.717, 1.165) is 25.7 Å². The van der Waals surface area contributed by atoms with Gasteiger partial charge in [0.1, 0.15) is 0 Å². The van der Waals surface area contributed by atoms with Crippen molar-refractivity contribution in [3.05, 3.63) is 17.8 Å². The number of nitrogens with zero attached hydrogens (tertiary/aromatic N) is 2. The van der Waals surface area contributed by atoms with Gasteiger partial charge in [0.25, 0.3) is 5.91 Å². The van der Waals surface area contributed by atoms with E-state index in [1.54, 1.807) is 12.1 Å². The number of amides is 1. The molecule has 0 bridgehead atoms. The molecule has 116 valence electrons. The molecule has 1 amide bonds. The number of aliphatic carboxylic acids is 1. The Hall–Kier alpha value is -2.18. The summed E-state index contributed by atoms with van der Waals surface area (Å²) in [6.45, 7) is 0.575. The minimum Gasteiger partial charge on any atom is -0.481 e. The maximum atomic E-state index is 11.7. The Kier molecular flexibility index (Phi) is 7.78. The van der Waals surface area contributed by atoms with E-state index in [4.69, 9.17) is 9.84 Å². The van der Waals surface area contributed by atoms with Crippen LogP contribution in [0.15, 0.2) is 12.1 Å². The molecule has 0 spiro atoms. The number of hydrogen-bond donors (Lipinski definition) is 2. The minimum absolute atomic E-state index is 0.229. The van der Waals surface area contributed by atoms with E-state index in [1.165, 1.54) is 7.11 Å². The lowest BCUT2D eigenvalue weighted by molar-refractivity contribution is -0.137. The minimum atomic E-state index is -0.747. The average Bonchev–Trinajstić information content (AvgIpc) is 2.49. The molecule has 0 radical (unpaired) electrons. The number of rotatable bonds is 10. The fraction of sp³-hybridized carbons (Fsp3) is 0.571. The zero-order valence-electron chi connectivity index (χ0n) is 12.2. The number of carbonyl (C=O) groups is 2. The molecule has 0 unspecified atom stereocenters. The molecule has 0 aromatic carbocycles. The van der Waals surface area contributed by atoms with Crippen LogP contribution in [-0.2, 0) is 4.79 Å². The van der Waals surface area contributed by atoms with Crippen LogP contribution in [0.2, 0.25) is 0 Å². The first-order valence-electron chi connectivity index (χ1n) is 7.01. The fourth-order valence-corrected chi connectivity index (χ4v) is 1.77. The number of hydrogen-bond acceptors (Lipinski definition) is 5. The number of unbranched alkanes of at least 4 members (excludes halogenated alkanes) is 4. The fourth-order valence-electron chi connectivity index (χ4n) is 1.77. The Morgan fingerprint density at radius 2 is 1.86 bits per heavy atom. The number of ether oxygens (including phenoxy) is 1. The van der Waals surface area contributed by atoms with Crippen LogP contribution in [0.5, 0.6) is 5.88 Å². The monoisotopic (exact) mass is 295 g/mol. The van der Waals surface area contributed by atoms with E-state index in [0.29, 0.717) is 18.8 Å². The molecule has 21 heavy (non-hydrogen) atoms. The Morgan fingerprint density at radius 1 is 1.14 bits per heavy atom. The molecule has 0 aliphatic rings. The number of nitrogens with one attached hydrogen (secondary N) is 1. The first-order chi connectivity index (χ1) is 10.1. The van der Waals surface area contributed by atoms with Crippen molar-refractivity contribution >= 4 is 11.9 Å². The van der Waals surface area contributed by atoms with Gasteiger partial charge >= 0.3 is 5.97 Å². The van der Waals surface area contributed by atoms with Crippen LogP contribution in [0.4, 0.5) is 0 Å². The van der Waals surface area contributed by atoms with Crippen LogP contribution in [0.25, 0.3) is 0 Å². The lowest BCUT2D eigenvalue weighted by Gasteiger charge is -2.04. The molecule has 1 aromatic heterocycles. The van der Waals surface area contributed by atoms with E-state index in [9.17, 15) is 9.59 Å². The van der Waals surface area contributed by atoms with Gasteiger partial charge in [-0.1, -0.05) is 19.3 Å². The summed E-state index contributed by atoms with van der Waals surface area (Å²) in [5.41, 5.74) is 0.261.